The maximum Gasteiger partial charge on any atom is 0.326 e. The summed E-state index contributed by atoms with van der Waals surface area (Å²) in [5, 5.41) is 16.7. The third-order valence-electron chi connectivity index (χ3n) is 7.42. The molecule has 6 nitrogen and oxygen atoms in total. The third-order valence-corrected chi connectivity index (χ3v) is 8.04. The number of carbonyl (C=O) groups is 2. The van der Waals surface area contributed by atoms with Crippen LogP contribution in [0, 0.1) is 0 Å². The number of anilines is 2. The van der Waals surface area contributed by atoms with Crippen LogP contribution in [0.15, 0.2) is 133 Å². The Labute approximate surface area is 277 Å². The lowest BCUT2D eigenvalue weighted by atomic mass is 10.00. The van der Waals surface area contributed by atoms with E-state index in [0.717, 1.165) is 28.5 Å². The number of para-hydroxylation sites is 2. The SMILES string of the molecule is O=C(c1ccccc1)c1ccccc1NC(Cc1ccc(OC(CCI)Nc2ccccc2Cc2ccccc2)cc1)C(=O)O. The number of aliphatic carboxylic acids is 1. The molecule has 0 saturated carbocycles. The van der Waals surface area contributed by atoms with Crippen LogP contribution in [0.3, 0.4) is 0 Å². The molecule has 45 heavy (non-hydrogen) atoms. The van der Waals surface area contributed by atoms with Gasteiger partial charge in [0.2, 0.25) is 0 Å². The number of benzene rings is 5. The van der Waals surface area contributed by atoms with Gasteiger partial charge in [-0.25, -0.2) is 4.79 Å². The average molecular weight is 711 g/mol. The van der Waals surface area contributed by atoms with Crippen molar-refractivity contribution in [3.63, 3.8) is 0 Å². The van der Waals surface area contributed by atoms with Gasteiger partial charge in [0, 0.05) is 39.8 Å². The number of hydrogen-bond acceptors (Lipinski definition) is 5. The fourth-order valence-electron chi connectivity index (χ4n) is 5.11. The predicted molar refractivity (Wildman–Crippen MR) is 189 cm³/mol. The molecule has 5 aromatic carbocycles. The standard InChI is InChI=1S/C38H35IN2O4/c39-24-23-36(41-33-17-9-7-15-30(33)25-27-11-3-1-4-12-27)45-31-21-19-28(20-22-31)26-35(38(43)44)40-34-18-10-8-16-32(34)37(42)29-13-5-2-6-14-29/h1-22,35-36,40-41H,23-26H2,(H,43,44). The predicted octanol–water partition coefficient (Wildman–Crippen LogP) is 8.26. The molecule has 0 amide bonds. The van der Waals surface area contributed by atoms with Crippen molar-refractivity contribution >= 4 is 45.7 Å². The Balaban J connectivity index is 1.25. The molecule has 5 rings (SSSR count). The molecule has 0 bridgehead atoms. The number of carboxylic acids is 1. The van der Waals surface area contributed by atoms with Crippen LogP contribution in [0.5, 0.6) is 5.75 Å². The van der Waals surface area contributed by atoms with E-state index in [2.05, 4.69) is 75.7 Å². The van der Waals surface area contributed by atoms with Gasteiger partial charge in [-0.15, -0.1) is 0 Å². The van der Waals surface area contributed by atoms with E-state index in [0.29, 0.717) is 22.6 Å². The summed E-state index contributed by atoms with van der Waals surface area (Å²) in [6, 6.07) is 41.2. The first kappa shape index (κ1) is 31.8. The van der Waals surface area contributed by atoms with Crippen molar-refractivity contribution in [1.29, 1.82) is 0 Å². The summed E-state index contributed by atoms with van der Waals surface area (Å²) in [6.45, 7) is 0. The van der Waals surface area contributed by atoms with E-state index in [4.69, 9.17) is 4.74 Å². The summed E-state index contributed by atoms with van der Waals surface area (Å²) in [6.07, 6.45) is 1.61. The molecule has 228 valence electrons. The zero-order chi connectivity index (χ0) is 31.4. The summed E-state index contributed by atoms with van der Waals surface area (Å²) >= 11 is 2.35. The van der Waals surface area contributed by atoms with Crippen molar-refractivity contribution in [3.05, 3.63) is 161 Å². The molecule has 0 aliphatic heterocycles. The fraction of sp³-hybridized carbons (Fsp3) is 0.158. The van der Waals surface area contributed by atoms with Gasteiger partial charge in [-0.3, -0.25) is 4.79 Å². The van der Waals surface area contributed by atoms with Crippen LogP contribution >= 0.6 is 22.6 Å². The molecule has 0 heterocycles. The molecule has 7 heteroatoms. The van der Waals surface area contributed by atoms with Crippen LogP contribution in [0.25, 0.3) is 0 Å². The number of alkyl halides is 1. The number of ether oxygens (including phenoxy) is 1. The Morgan fingerprint density at radius 2 is 1.31 bits per heavy atom. The summed E-state index contributed by atoms with van der Waals surface area (Å²) < 4.78 is 7.28. The van der Waals surface area contributed by atoms with Gasteiger partial charge in [-0.05, 0) is 53.4 Å². The second-order valence-electron chi connectivity index (χ2n) is 10.7. The maximum atomic E-state index is 13.2. The molecular weight excluding hydrogens is 675 g/mol. The van der Waals surface area contributed by atoms with E-state index in [9.17, 15) is 14.7 Å². The van der Waals surface area contributed by atoms with Gasteiger partial charge in [0.15, 0.2) is 12.0 Å². The largest absolute Gasteiger partial charge is 0.480 e. The van der Waals surface area contributed by atoms with E-state index < -0.39 is 12.0 Å². The number of nitrogens with one attached hydrogen (secondary N) is 2. The smallest absolute Gasteiger partial charge is 0.326 e. The summed E-state index contributed by atoms with van der Waals surface area (Å²) in [5.74, 6) is -0.472. The Kier molecular flexibility index (Phi) is 11.2. The number of ketones is 1. The van der Waals surface area contributed by atoms with Crippen LogP contribution in [-0.2, 0) is 17.6 Å². The topological polar surface area (TPSA) is 87.7 Å². The van der Waals surface area contributed by atoms with Crippen LogP contribution in [-0.4, -0.2) is 33.6 Å². The Bertz CT molecular complexity index is 1690. The molecule has 0 saturated heterocycles. The molecular formula is C38H35IN2O4. The molecule has 5 aromatic rings. The van der Waals surface area contributed by atoms with Crippen molar-refractivity contribution in [2.75, 3.05) is 15.1 Å². The Morgan fingerprint density at radius 1 is 0.689 bits per heavy atom. The van der Waals surface area contributed by atoms with Gasteiger partial charge in [0.25, 0.3) is 0 Å². The molecule has 0 fully saturated rings. The van der Waals surface area contributed by atoms with Gasteiger partial charge in [-0.2, -0.15) is 0 Å². The number of carboxylic acid groups (broad SMARTS) is 1. The summed E-state index contributed by atoms with van der Waals surface area (Å²) in [5.41, 5.74) is 5.77. The van der Waals surface area contributed by atoms with Crippen molar-refractivity contribution < 1.29 is 19.4 Å². The van der Waals surface area contributed by atoms with Gasteiger partial charge in [0.05, 0.1) is 0 Å². The molecule has 0 radical (unpaired) electrons. The highest BCUT2D eigenvalue weighted by molar-refractivity contribution is 14.1. The van der Waals surface area contributed by atoms with Gasteiger partial charge >= 0.3 is 5.97 Å². The average Bonchev–Trinajstić information content (AvgIpc) is 3.07. The Hall–Kier alpha value is -4.63. The Morgan fingerprint density at radius 3 is 2.00 bits per heavy atom. The highest BCUT2D eigenvalue weighted by Gasteiger charge is 2.22. The highest BCUT2D eigenvalue weighted by atomic mass is 127. The minimum atomic E-state index is -1.00. The fourth-order valence-corrected chi connectivity index (χ4v) is 5.67. The normalized spacial score (nSPS) is 12.1. The van der Waals surface area contributed by atoms with E-state index in [1.54, 1.807) is 36.4 Å². The van der Waals surface area contributed by atoms with E-state index in [-0.39, 0.29) is 18.4 Å². The third kappa shape index (κ3) is 8.95. The molecule has 2 unspecified atom stereocenters. The summed E-state index contributed by atoms with van der Waals surface area (Å²) in [7, 11) is 0. The minimum Gasteiger partial charge on any atom is -0.480 e. The van der Waals surface area contributed by atoms with Crippen molar-refractivity contribution in [1.82, 2.24) is 0 Å². The van der Waals surface area contributed by atoms with E-state index in [1.807, 2.05) is 54.6 Å². The lowest BCUT2D eigenvalue weighted by molar-refractivity contribution is -0.137. The zero-order valence-electron chi connectivity index (χ0n) is 24.7. The number of carbonyl (C=O) groups excluding carboxylic acids is 1. The molecule has 0 spiro atoms. The number of rotatable bonds is 15. The minimum absolute atomic E-state index is 0.165. The molecule has 0 aromatic heterocycles. The number of halogens is 1. The number of hydrogen-bond donors (Lipinski definition) is 3. The quantitative estimate of drug-likeness (QED) is 0.0439. The van der Waals surface area contributed by atoms with Crippen LogP contribution in [0.4, 0.5) is 11.4 Å². The van der Waals surface area contributed by atoms with Crippen LogP contribution in [0.2, 0.25) is 0 Å². The van der Waals surface area contributed by atoms with Crippen molar-refractivity contribution in [2.45, 2.75) is 31.5 Å². The van der Waals surface area contributed by atoms with Crippen LogP contribution < -0.4 is 15.4 Å². The highest BCUT2D eigenvalue weighted by Crippen LogP contribution is 2.24. The van der Waals surface area contributed by atoms with Gasteiger partial charge in [-0.1, -0.05) is 126 Å². The van der Waals surface area contributed by atoms with Crippen molar-refractivity contribution in [2.24, 2.45) is 0 Å². The first-order valence-electron chi connectivity index (χ1n) is 14.9. The second kappa shape index (κ2) is 15.9. The lowest BCUT2D eigenvalue weighted by Gasteiger charge is -2.23. The lowest BCUT2D eigenvalue weighted by Crippen LogP contribution is -2.32. The van der Waals surface area contributed by atoms with Crippen molar-refractivity contribution in [3.8, 4) is 5.75 Å². The second-order valence-corrected chi connectivity index (χ2v) is 11.8. The zero-order valence-corrected chi connectivity index (χ0v) is 26.9. The van der Waals surface area contributed by atoms with Crippen LogP contribution in [0.1, 0.15) is 39.0 Å². The first-order valence-corrected chi connectivity index (χ1v) is 16.4. The molecule has 2 atom stereocenters. The monoisotopic (exact) mass is 710 g/mol. The van der Waals surface area contributed by atoms with E-state index in [1.165, 1.54) is 11.1 Å². The van der Waals surface area contributed by atoms with E-state index >= 15 is 0 Å². The molecule has 3 N–H and O–H groups in total. The summed E-state index contributed by atoms with van der Waals surface area (Å²) in [4.78, 5) is 25.4. The molecule has 0 aliphatic carbocycles. The van der Waals surface area contributed by atoms with Gasteiger partial charge < -0.3 is 20.5 Å². The first-order chi connectivity index (χ1) is 22.0. The molecule has 0 aliphatic rings. The van der Waals surface area contributed by atoms with Gasteiger partial charge in [0.1, 0.15) is 11.8 Å². The maximum absolute atomic E-state index is 13.2.